The summed E-state index contributed by atoms with van der Waals surface area (Å²) in [5.74, 6) is 0. The second-order valence-electron chi connectivity index (χ2n) is 3.87. The maximum atomic E-state index is 4.44. The summed E-state index contributed by atoms with van der Waals surface area (Å²) >= 11 is 6.90. The van der Waals surface area contributed by atoms with Gasteiger partial charge in [-0.2, -0.15) is 0 Å². The van der Waals surface area contributed by atoms with Crippen LogP contribution in [-0.2, 0) is 6.54 Å². The van der Waals surface area contributed by atoms with Crippen LogP contribution in [0.15, 0.2) is 47.3 Å². The van der Waals surface area contributed by atoms with E-state index in [0.29, 0.717) is 6.54 Å². The molecule has 0 unspecified atom stereocenters. The number of aromatic nitrogens is 1. The molecule has 0 radical (unpaired) electrons. The van der Waals surface area contributed by atoms with E-state index >= 15 is 0 Å². The molecular formula is C12H8Br2N4Se. The summed E-state index contributed by atoms with van der Waals surface area (Å²) in [6.07, 6.45) is 1.79. The molecule has 19 heavy (non-hydrogen) atoms. The zero-order valence-corrected chi connectivity index (χ0v) is 14.5. The summed E-state index contributed by atoms with van der Waals surface area (Å²) in [6.45, 7) is 0.646. The Morgan fingerprint density at radius 1 is 1.21 bits per heavy atom. The summed E-state index contributed by atoms with van der Waals surface area (Å²) in [7, 11) is 0. The minimum atomic E-state index is -0.00341. The molecule has 0 bridgehead atoms. The number of fused-ring (bicyclic) bond motifs is 1. The molecule has 1 aromatic heterocycles. The fourth-order valence-electron chi connectivity index (χ4n) is 1.70. The van der Waals surface area contributed by atoms with Gasteiger partial charge in [-0.3, -0.25) is 0 Å². The number of pyridine rings is 1. The number of nitrogens with one attached hydrogen (secondary N) is 1. The monoisotopic (exact) mass is 446 g/mol. The molecule has 0 saturated heterocycles. The summed E-state index contributed by atoms with van der Waals surface area (Å²) in [5.41, 5.74) is 3.92. The van der Waals surface area contributed by atoms with E-state index in [4.69, 9.17) is 0 Å². The average Bonchev–Trinajstić information content (AvgIpc) is 2.86. The Hall–Kier alpha value is -0.751. The fourth-order valence-corrected chi connectivity index (χ4v) is 3.98. The quantitative estimate of drug-likeness (QED) is 0.599. The number of nitrogens with zero attached hydrogens (tertiary/aromatic N) is 3. The van der Waals surface area contributed by atoms with Crippen LogP contribution in [0.4, 0.5) is 17.1 Å². The summed E-state index contributed by atoms with van der Waals surface area (Å²) in [5, 5.41) is 3.37. The van der Waals surface area contributed by atoms with Crippen molar-refractivity contribution in [2.45, 2.75) is 6.54 Å². The second kappa shape index (κ2) is 5.71. The summed E-state index contributed by atoms with van der Waals surface area (Å²) < 4.78 is 10.7. The van der Waals surface area contributed by atoms with Gasteiger partial charge in [-0.15, -0.1) is 0 Å². The van der Waals surface area contributed by atoms with Crippen LogP contribution in [0.2, 0.25) is 0 Å². The van der Waals surface area contributed by atoms with E-state index in [-0.39, 0.29) is 14.6 Å². The van der Waals surface area contributed by atoms with Gasteiger partial charge in [0.05, 0.1) is 0 Å². The summed E-state index contributed by atoms with van der Waals surface area (Å²) in [4.78, 5) is 4.38. The number of anilines is 1. The van der Waals surface area contributed by atoms with Crippen molar-refractivity contribution >= 4 is 63.5 Å². The van der Waals surface area contributed by atoms with Crippen molar-refractivity contribution in [3.05, 3.63) is 45.1 Å². The molecule has 1 aliphatic rings. The number of hydrogen-bond acceptors (Lipinski definition) is 4. The van der Waals surface area contributed by atoms with Crippen LogP contribution in [0.1, 0.15) is 5.69 Å². The maximum absolute atomic E-state index is 4.44. The second-order valence-corrected chi connectivity index (χ2v) is 6.75. The molecule has 96 valence electrons. The molecule has 1 aliphatic heterocycles. The van der Waals surface area contributed by atoms with Gasteiger partial charge < -0.3 is 0 Å². The van der Waals surface area contributed by atoms with E-state index in [0.717, 1.165) is 31.7 Å². The van der Waals surface area contributed by atoms with Gasteiger partial charge >= 0.3 is 133 Å². The van der Waals surface area contributed by atoms with Crippen molar-refractivity contribution in [1.82, 2.24) is 4.98 Å². The van der Waals surface area contributed by atoms with Crippen molar-refractivity contribution in [2.75, 3.05) is 5.32 Å². The Bertz CT molecular complexity index is 711. The molecule has 0 atom stereocenters. The third kappa shape index (κ3) is 2.89. The van der Waals surface area contributed by atoms with E-state index in [1.165, 1.54) is 0 Å². The zero-order valence-electron chi connectivity index (χ0n) is 9.60. The SMILES string of the molecule is Brc1cnc(CNc2cccc3c2N=[Se]=N3)c(Br)c1. The molecular weight excluding hydrogens is 439 g/mol. The third-order valence-electron chi connectivity index (χ3n) is 2.62. The van der Waals surface area contributed by atoms with E-state index in [1.807, 2.05) is 24.3 Å². The van der Waals surface area contributed by atoms with Crippen LogP contribution in [0.3, 0.4) is 0 Å². The Morgan fingerprint density at radius 3 is 2.95 bits per heavy atom. The normalized spacial score (nSPS) is 12.1. The van der Waals surface area contributed by atoms with Gasteiger partial charge in [0.15, 0.2) is 0 Å². The van der Waals surface area contributed by atoms with Crippen LogP contribution < -0.4 is 5.32 Å². The molecule has 1 N–H and O–H groups in total. The molecule has 0 fully saturated rings. The van der Waals surface area contributed by atoms with Crippen molar-refractivity contribution in [1.29, 1.82) is 0 Å². The van der Waals surface area contributed by atoms with Crippen molar-refractivity contribution in [3.8, 4) is 0 Å². The molecule has 0 spiro atoms. The molecule has 1 aromatic carbocycles. The van der Waals surface area contributed by atoms with Crippen LogP contribution >= 0.6 is 31.9 Å². The first-order valence-corrected chi connectivity index (χ1v) is 8.61. The van der Waals surface area contributed by atoms with Gasteiger partial charge in [-0.25, -0.2) is 0 Å². The first-order valence-electron chi connectivity index (χ1n) is 5.49. The number of hydrogen-bond donors (Lipinski definition) is 1. The van der Waals surface area contributed by atoms with Gasteiger partial charge in [0, 0.05) is 0 Å². The van der Waals surface area contributed by atoms with Gasteiger partial charge in [0.25, 0.3) is 0 Å². The standard InChI is InChI=1S/C12H8Br2N4Se/c13-7-4-8(14)11(15-5-7)6-16-9-2-1-3-10-12(9)18-19-17-10/h1-5,16H,6H2. The Kier molecular flexibility index (Phi) is 3.98. The van der Waals surface area contributed by atoms with E-state index in [2.05, 4.69) is 50.1 Å². The number of halogens is 2. The van der Waals surface area contributed by atoms with Gasteiger partial charge in [-0.1, -0.05) is 0 Å². The molecule has 0 amide bonds. The first kappa shape index (κ1) is 13.2. The third-order valence-corrected chi connectivity index (χ3v) is 4.87. The molecule has 2 heterocycles. The molecule has 4 nitrogen and oxygen atoms in total. The van der Waals surface area contributed by atoms with Crippen LogP contribution in [-0.4, -0.2) is 19.6 Å². The van der Waals surface area contributed by atoms with E-state index in [1.54, 1.807) is 6.20 Å². The van der Waals surface area contributed by atoms with Gasteiger partial charge in [0.1, 0.15) is 0 Å². The van der Waals surface area contributed by atoms with Crippen molar-refractivity contribution < 1.29 is 0 Å². The van der Waals surface area contributed by atoms with Gasteiger partial charge in [0.2, 0.25) is 0 Å². The van der Waals surface area contributed by atoms with Crippen LogP contribution in [0.25, 0.3) is 0 Å². The molecule has 7 heteroatoms. The Morgan fingerprint density at radius 2 is 2.11 bits per heavy atom. The van der Waals surface area contributed by atoms with E-state index in [9.17, 15) is 0 Å². The topological polar surface area (TPSA) is 49.6 Å². The molecule has 2 aromatic rings. The minimum absolute atomic E-state index is 0.00341. The summed E-state index contributed by atoms with van der Waals surface area (Å²) in [6, 6.07) is 7.99. The van der Waals surface area contributed by atoms with E-state index < -0.39 is 0 Å². The Labute approximate surface area is 133 Å². The van der Waals surface area contributed by atoms with Gasteiger partial charge in [-0.05, 0) is 0 Å². The predicted molar refractivity (Wildman–Crippen MR) is 83.3 cm³/mol. The van der Waals surface area contributed by atoms with Crippen LogP contribution in [0.5, 0.6) is 0 Å². The predicted octanol–water partition coefficient (Wildman–Crippen LogP) is 4.57. The Balaban J connectivity index is 1.80. The molecule has 0 aliphatic carbocycles. The fraction of sp³-hybridized carbons (Fsp3) is 0.0833. The molecule has 0 saturated carbocycles. The zero-order chi connectivity index (χ0) is 13.2. The van der Waals surface area contributed by atoms with Crippen LogP contribution in [0, 0.1) is 0 Å². The average molecular weight is 447 g/mol. The number of benzene rings is 1. The number of rotatable bonds is 3. The molecule has 3 rings (SSSR count). The van der Waals surface area contributed by atoms with Crippen molar-refractivity contribution in [2.24, 2.45) is 7.92 Å². The first-order chi connectivity index (χ1) is 9.24. The van der Waals surface area contributed by atoms with Crippen molar-refractivity contribution in [3.63, 3.8) is 0 Å².